The predicted octanol–water partition coefficient (Wildman–Crippen LogP) is 1.67. The highest BCUT2D eigenvalue weighted by Crippen LogP contribution is 2.09. The quantitative estimate of drug-likeness (QED) is 0.694. The number of rotatable bonds is 3. The van der Waals surface area contributed by atoms with Gasteiger partial charge in [-0.3, -0.25) is 0 Å². The Hall–Kier alpha value is -0.990. The first-order chi connectivity index (χ1) is 4.86. The van der Waals surface area contributed by atoms with Crippen LogP contribution in [-0.4, -0.2) is 12.2 Å². The summed E-state index contributed by atoms with van der Waals surface area (Å²) in [7, 11) is 1.82. The zero-order valence-corrected chi connectivity index (χ0v) is 6.35. The van der Waals surface area contributed by atoms with Crippen molar-refractivity contribution in [3.8, 4) is 0 Å². The van der Waals surface area contributed by atoms with Crippen molar-refractivity contribution >= 4 is 5.88 Å². The van der Waals surface area contributed by atoms with Crippen LogP contribution >= 0.6 is 0 Å². The van der Waals surface area contributed by atoms with E-state index in [-0.39, 0.29) is 0 Å². The van der Waals surface area contributed by atoms with Gasteiger partial charge in [0.25, 0.3) is 0 Å². The van der Waals surface area contributed by atoms with E-state index in [1.54, 1.807) is 0 Å². The number of hydrogen-bond acceptors (Lipinski definition) is 3. The average Bonchev–Trinajstić information content (AvgIpc) is 2.37. The van der Waals surface area contributed by atoms with E-state index in [9.17, 15) is 0 Å². The van der Waals surface area contributed by atoms with Crippen LogP contribution in [0.2, 0.25) is 0 Å². The fourth-order valence-corrected chi connectivity index (χ4v) is 0.804. The Labute approximate surface area is 60.4 Å². The highest BCUT2D eigenvalue weighted by molar-refractivity contribution is 5.30. The molecule has 0 aromatic carbocycles. The highest BCUT2D eigenvalue weighted by atomic mass is 16.5. The summed E-state index contributed by atoms with van der Waals surface area (Å²) in [5, 5.41) is 6.72. The maximum Gasteiger partial charge on any atom is 0.224 e. The second-order valence-corrected chi connectivity index (χ2v) is 2.18. The van der Waals surface area contributed by atoms with Crippen LogP contribution in [0.1, 0.15) is 19.0 Å². The monoisotopic (exact) mass is 140 g/mol. The Morgan fingerprint density at radius 2 is 2.50 bits per heavy atom. The van der Waals surface area contributed by atoms with Gasteiger partial charge in [-0.2, -0.15) is 0 Å². The summed E-state index contributed by atoms with van der Waals surface area (Å²) in [6.45, 7) is 2.12. The Bertz CT molecular complexity index is 195. The topological polar surface area (TPSA) is 38.1 Å². The first-order valence-corrected chi connectivity index (χ1v) is 3.50. The molecule has 0 bridgehead atoms. The lowest BCUT2D eigenvalue weighted by Crippen LogP contribution is -1.83. The van der Waals surface area contributed by atoms with Crippen LogP contribution in [0.3, 0.4) is 0 Å². The summed E-state index contributed by atoms with van der Waals surface area (Å²) >= 11 is 0. The predicted molar refractivity (Wildman–Crippen MR) is 40.0 cm³/mol. The van der Waals surface area contributed by atoms with Crippen molar-refractivity contribution in [2.75, 3.05) is 12.4 Å². The summed E-state index contributed by atoms with van der Waals surface area (Å²) in [5.41, 5.74) is 1.02. The fourth-order valence-electron chi connectivity index (χ4n) is 0.804. The van der Waals surface area contributed by atoms with Crippen LogP contribution in [0.4, 0.5) is 5.88 Å². The summed E-state index contributed by atoms with van der Waals surface area (Å²) < 4.78 is 4.91. The Balaban J connectivity index is 2.59. The van der Waals surface area contributed by atoms with Gasteiger partial charge in [-0.15, -0.1) is 0 Å². The molecule has 3 nitrogen and oxygen atoms in total. The molecule has 0 radical (unpaired) electrons. The Morgan fingerprint density at radius 3 is 3.00 bits per heavy atom. The SMILES string of the molecule is CCCc1cc(NC)on1. The van der Waals surface area contributed by atoms with Gasteiger partial charge in [0.2, 0.25) is 5.88 Å². The summed E-state index contributed by atoms with van der Waals surface area (Å²) in [5.74, 6) is 0.739. The molecule has 0 fully saturated rings. The zero-order valence-electron chi connectivity index (χ0n) is 6.35. The van der Waals surface area contributed by atoms with Crippen LogP contribution in [0.5, 0.6) is 0 Å². The molecule has 1 aromatic rings. The molecule has 1 heterocycles. The van der Waals surface area contributed by atoms with Crippen LogP contribution < -0.4 is 5.32 Å². The van der Waals surface area contributed by atoms with Gasteiger partial charge < -0.3 is 9.84 Å². The van der Waals surface area contributed by atoms with Gasteiger partial charge in [0, 0.05) is 13.1 Å². The van der Waals surface area contributed by atoms with E-state index < -0.39 is 0 Å². The second-order valence-electron chi connectivity index (χ2n) is 2.18. The van der Waals surface area contributed by atoms with E-state index in [4.69, 9.17) is 4.52 Å². The van der Waals surface area contributed by atoms with E-state index >= 15 is 0 Å². The number of aromatic nitrogens is 1. The third-order valence-electron chi connectivity index (χ3n) is 1.31. The van der Waals surface area contributed by atoms with Gasteiger partial charge in [-0.1, -0.05) is 18.5 Å². The van der Waals surface area contributed by atoms with Crippen molar-refractivity contribution in [3.63, 3.8) is 0 Å². The van der Waals surface area contributed by atoms with Gasteiger partial charge in [-0.25, -0.2) is 0 Å². The summed E-state index contributed by atoms with van der Waals surface area (Å²) in [6, 6.07) is 1.92. The third kappa shape index (κ3) is 1.50. The Morgan fingerprint density at radius 1 is 1.70 bits per heavy atom. The van der Waals surface area contributed by atoms with Gasteiger partial charge >= 0.3 is 0 Å². The van der Waals surface area contributed by atoms with Gasteiger partial charge in [0.05, 0.1) is 5.69 Å². The normalized spacial score (nSPS) is 9.80. The van der Waals surface area contributed by atoms with Crippen molar-refractivity contribution in [1.82, 2.24) is 5.16 Å². The molecule has 0 saturated heterocycles. The van der Waals surface area contributed by atoms with Crippen molar-refractivity contribution in [2.45, 2.75) is 19.8 Å². The minimum atomic E-state index is 0.739. The average molecular weight is 140 g/mol. The van der Waals surface area contributed by atoms with Gasteiger partial charge in [-0.05, 0) is 6.42 Å². The standard InChI is InChI=1S/C7H12N2O/c1-3-4-6-5-7(8-2)10-9-6/h5,8H,3-4H2,1-2H3. The lowest BCUT2D eigenvalue weighted by molar-refractivity contribution is 0.424. The molecule has 10 heavy (non-hydrogen) atoms. The smallest absolute Gasteiger partial charge is 0.224 e. The van der Waals surface area contributed by atoms with Crippen LogP contribution in [0.25, 0.3) is 0 Å². The van der Waals surface area contributed by atoms with Crippen LogP contribution in [0.15, 0.2) is 10.6 Å². The molecule has 0 aliphatic heterocycles. The van der Waals surface area contributed by atoms with E-state index in [2.05, 4.69) is 17.4 Å². The molecular weight excluding hydrogens is 128 g/mol. The van der Waals surface area contributed by atoms with E-state index in [0.717, 1.165) is 24.4 Å². The molecule has 0 aliphatic rings. The van der Waals surface area contributed by atoms with Gasteiger partial charge in [0.1, 0.15) is 0 Å². The Kier molecular flexibility index (Phi) is 2.31. The molecule has 1 N–H and O–H groups in total. The van der Waals surface area contributed by atoms with Crippen molar-refractivity contribution in [1.29, 1.82) is 0 Å². The van der Waals surface area contributed by atoms with Crippen molar-refractivity contribution in [3.05, 3.63) is 11.8 Å². The van der Waals surface area contributed by atoms with Gasteiger partial charge in [0.15, 0.2) is 0 Å². The lowest BCUT2D eigenvalue weighted by Gasteiger charge is -1.84. The molecule has 56 valence electrons. The molecule has 3 heteroatoms. The summed E-state index contributed by atoms with van der Waals surface area (Å²) in [4.78, 5) is 0. The molecule has 0 saturated carbocycles. The van der Waals surface area contributed by atoms with Crippen molar-refractivity contribution < 1.29 is 4.52 Å². The molecule has 0 spiro atoms. The molecule has 1 aromatic heterocycles. The zero-order chi connectivity index (χ0) is 7.40. The molecule has 0 atom stereocenters. The lowest BCUT2D eigenvalue weighted by atomic mass is 10.2. The molecule has 0 aliphatic carbocycles. The maximum absolute atomic E-state index is 4.91. The first kappa shape index (κ1) is 7.12. The highest BCUT2D eigenvalue weighted by Gasteiger charge is 1.98. The molecule has 0 unspecified atom stereocenters. The molecule has 1 rings (SSSR count). The number of anilines is 1. The summed E-state index contributed by atoms with van der Waals surface area (Å²) in [6.07, 6.45) is 2.10. The molecule has 0 amide bonds. The number of nitrogens with one attached hydrogen (secondary N) is 1. The number of hydrogen-bond donors (Lipinski definition) is 1. The van der Waals surface area contributed by atoms with E-state index in [1.165, 1.54) is 0 Å². The second kappa shape index (κ2) is 3.25. The van der Waals surface area contributed by atoms with Crippen LogP contribution in [-0.2, 0) is 6.42 Å². The first-order valence-electron chi connectivity index (χ1n) is 3.50. The fraction of sp³-hybridized carbons (Fsp3) is 0.571. The maximum atomic E-state index is 4.91. The van der Waals surface area contributed by atoms with E-state index in [1.807, 2.05) is 13.1 Å². The molecular formula is C7H12N2O. The minimum Gasteiger partial charge on any atom is -0.357 e. The minimum absolute atomic E-state index is 0.739. The van der Waals surface area contributed by atoms with E-state index in [0.29, 0.717) is 0 Å². The van der Waals surface area contributed by atoms with Crippen LogP contribution in [0, 0.1) is 0 Å². The largest absolute Gasteiger partial charge is 0.357 e. The third-order valence-corrected chi connectivity index (χ3v) is 1.31. The van der Waals surface area contributed by atoms with Crippen molar-refractivity contribution in [2.24, 2.45) is 0 Å². The number of nitrogens with zero attached hydrogens (tertiary/aromatic N) is 1. The number of aryl methyl sites for hydroxylation is 1.